The summed E-state index contributed by atoms with van der Waals surface area (Å²) in [6.07, 6.45) is 3.64. The Hall–Kier alpha value is -4.26. The Labute approximate surface area is 195 Å². The first-order valence-corrected chi connectivity index (χ1v) is 10.9. The molecule has 0 atom stereocenters. The second kappa shape index (κ2) is 8.59. The van der Waals surface area contributed by atoms with Crippen LogP contribution in [0.2, 0.25) is 0 Å². The van der Waals surface area contributed by atoms with Crippen LogP contribution in [0.3, 0.4) is 0 Å². The molecule has 5 aromatic rings. The summed E-state index contributed by atoms with van der Waals surface area (Å²) in [5.41, 5.74) is 6.02. The minimum Gasteiger partial charge on any atom is -0.471 e. The second-order valence-corrected chi connectivity index (χ2v) is 8.37. The molecule has 0 fully saturated rings. The maximum absolute atomic E-state index is 13.6. The number of fused-ring (bicyclic) bond motifs is 1. The van der Waals surface area contributed by atoms with Gasteiger partial charge in [-0.3, -0.25) is 9.48 Å². The molecular formula is C27H23FN4O2. The number of benzene rings is 2. The van der Waals surface area contributed by atoms with E-state index in [1.54, 1.807) is 30.1 Å². The van der Waals surface area contributed by atoms with Crippen molar-refractivity contribution in [2.75, 3.05) is 0 Å². The summed E-state index contributed by atoms with van der Waals surface area (Å²) in [4.78, 5) is 16.4. The van der Waals surface area contributed by atoms with Crippen LogP contribution in [0.5, 0.6) is 5.88 Å². The maximum atomic E-state index is 13.6. The number of ether oxygens (including phenoxy) is 1. The molecule has 0 aliphatic carbocycles. The van der Waals surface area contributed by atoms with Crippen LogP contribution in [0, 0.1) is 12.7 Å². The van der Waals surface area contributed by atoms with E-state index in [0.717, 1.165) is 38.9 Å². The van der Waals surface area contributed by atoms with Gasteiger partial charge in [0.15, 0.2) is 0 Å². The molecule has 0 saturated carbocycles. The Bertz CT molecular complexity index is 1570. The summed E-state index contributed by atoms with van der Waals surface area (Å²) >= 11 is 0. The Morgan fingerprint density at radius 3 is 2.47 bits per heavy atom. The molecule has 0 aliphatic rings. The van der Waals surface area contributed by atoms with Gasteiger partial charge in [0.1, 0.15) is 12.4 Å². The van der Waals surface area contributed by atoms with Crippen molar-refractivity contribution in [2.45, 2.75) is 13.5 Å². The van der Waals surface area contributed by atoms with Gasteiger partial charge in [0.2, 0.25) is 11.4 Å². The van der Waals surface area contributed by atoms with Gasteiger partial charge in [0.25, 0.3) is 0 Å². The van der Waals surface area contributed by atoms with Crippen LogP contribution in [0.4, 0.5) is 4.39 Å². The van der Waals surface area contributed by atoms with Crippen LogP contribution < -0.4 is 10.3 Å². The lowest BCUT2D eigenvalue weighted by Crippen LogP contribution is -2.13. The summed E-state index contributed by atoms with van der Waals surface area (Å²) in [6.45, 7) is 2.34. The molecule has 0 unspecified atom stereocenters. The fourth-order valence-electron chi connectivity index (χ4n) is 3.97. The van der Waals surface area contributed by atoms with E-state index in [0.29, 0.717) is 18.0 Å². The van der Waals surface area contributed by atoms with Crippen molar-refractivity contribution < 1.29 is 9.13 Å². The SMILES string of the molecule is Cc1cc2ccc(F)cc2nc1-c1ccc(COc2nn(C)cc2-c2ccc(=O)n(C)c2)cc1. The topological polar surface area (TPSA) is 61.9 Å². The monoisotopic (exact) mass is 454 g/mol. The third kappa shape index (κ3) is 4.20. The van der Waals surface area contributed by atoms with Gasteiger partial charge in [0.05, 0.1) is 16.8 Å². The molecule has 0 aliphatic heterocycles. The first-order valence-electron chi connectivity index (χ1n) is 10.9. The van der Waals surface area contributed by atoms with E-state index in [1.165, 1.54) is 22.8 Å². The van der Waals surface area contributed by atoms with Crippen LogP contribution in [-0.2, 0) is 20.7 Å². The van der Waals surface area contributed by atoms with E-state index >= 15 is 0 Å². The predicted molar refractivity (Wildman–Crippen MR) is 130 cm³/mol. The lowest BCUT2D eigenvalue weighted by molar-refractivity contribution is 0.292. The van der Waals surface area contributed by atoms with E-state index in [-0.39, 0.29) is 11.4 Å². The molecule has 2 aromatic carbocycles. The van der Waals surface area contributed by atoms with Crippen LogP contribution in [0.1, 0.15) is 11.1 Å². The quantitative estimate of drug-likeness (QED) is 0.374. The van der Waals surface area contributed by atoms with Gasteiger partial charge in [-0.2, -0.15) is 0 Å². The smallest absolute Gasteiger partial charge is 0.250 e. The molecule has 7 heteroatoms. The molecule has 5 rings (SSSR count). The molecule has 0 radical (unpaired) electrons. The highest BCUT2D eigenvalue weighted by Gasteiger charge is 2.13. The molecule has 3 aromatic heterocycles. The fourth-order valence-corrected chi connectivity index (χ4v) is 3.97. The number of halogens is 1. The summed E-state index contributed by atoms with van der Waals surface area (Å²) < 4.78 is 22.9. The average Bonchev–Trinajstić information content (AvgIpc) is 3.20. The van der Waals surface area contributed by atoms with E-state index in [1.807, 2.05) is 50.5 Å². The lowest BCUT2D eigenvalue weighted by atomic mass is 10.0. The minimum absolute atomic E-state index is 0.0727. The molecule has 0 N–H and O–H groups in total. The fraction of sp³-hybridized carbons (Fsp3) is 0.148. The number of pyridine rings is 2. The minimum atomic E-state index is -0.297. The second-order valence-electron chi connectivity index (χ2n) is 8.37. The molecular weight excluding hydrogens is 431 g/mol. The third-order valence-corrected chi connectivity index (χ3v) is 5.76. The number of hydrogen-bond acceptors (Lipinski definition) is 4. The first kappa shape index (κ1) is 21.6. The molecule has 170 valence electrons. The van der Waals surface area contributed by atoms with E-state index in [4.69, 9.17) is 4.74 Å². The molecule has 3 heterocycles. The highest BCUT2D eigenvalue weighted by atomic mass is 19.1. The van der Waals surface area contributed by atoms with Gasteiger partial charge >= 0.3 is 0 Å². The van der Waals surface area contributed by atoms with Crippen LogP contribution >= 0.6 is 0 Å². The normalized spacial score (nSPS) is 11.2. The van der Waals surface area contributed by atoms with Crippen molar-refractivity contribution in [3.05, 3.63) is 100 Å². The van der Waals surface area contributed by atoms with Crippen molar-refractivity contribution in [1.82, 2.24) is 19.3 Å². The largest absolute Gasteiger partial charge is 0.471 e. The lowest BCUT2D eigenvalue weighted by Gasteiger charge is -2.10. The molecule has 34 heavy (non-hydrogen) atoms. The van der Waals surface area contributed by atoms with Crippen LogP contribution in [0.15, 0.2) is 77.9 Å². The zero-order valence-electron chi connectivity index (χ0n) is 19.1. The van der Waals surface area contributed by atoms with Gasteiger partial charge in [-0.25, -0.2) is 9.37 Å². The molecule has 0 spiro atoms. The van der Waals surface area contributed by atoms with E-state index < -0.39 is 0 Å². The van der Waals surface area contributed by atoms with Gasteiger partial charge < -0.3 is 9.30 Å². The summed E-state index contributed by atoms with van der Waals surface area (Å²) in [7, 11) is 3.55. The maximum Gasteiger partial charge on any atom is 0.250 e. The Morgan fingerprint density at radius 1 is 0.941 bits per heavy atom. The van der Waals surface area contributed by atoms with Crippen molar-refractivity contribution in [3.63, 3.8) is 0 Å². The number of rotatable bonds is 5. The van der Waals surface area contributed by atoms with Gasteiger partial charge in [-0.1, -0.05) is 24.3 Å². The van der Waals surface area contributed by atoms with Crippen molar-refractivity contribution >= 4 is 10.9 Å². The molecule has 6 nitrogen and oxygen atoms in total. The van der Waals surface area contributed by atoms with E-state index in [9.17, 15) is 9.18 Å². The number of nitrogens with zero attached hydrogens (tertiary/aromatic N) is 4. The average molecular weight is 455 g/mol. The Kier molecular flexibility index (Phi) is 5.45. The zero-order valence-corrected chi connectivity index (χ0v) is 19.1. The van der Waals surface area contributed by atoms with Crippen molar-refractivity contribution in [3.8, 4) is 28.3 Å². The first-order chi connectivity index (χ1) is 16.4. The standard InChI is InChI=1S/C27H23FN4O2/c1-17-12-20-8-10-22(28)13-24(20)29-26(17)19-6-4-18(5-7-19)16-34-27-23(15-32(3)30-27)21-9-11-25(33)31(2)14-21/h4-15H,16H2,1-3H3. The summed E-state index contributed by atoms with van der Waals surface area (Å²) in [5.74, 6) is 0.202. The van der Waals surface area contributed by atoms with Crippen molar-refractivity contribution in [2.24, 2.45) is 14.1 Å². The van der Waals surface area contributed by atoms with Gasteiger partial charge in [-0.15, -0.1) is 5.10 Å². The molecule has 0 bridgehead atoms. The Morgan fingerprint density at radius 2 is 1.71 bits per heavy atom. The summed E-state index contributed by atoms with van der Waals surface area (Å²) in [5, 5.41) is 5.35. The van der Waals surface area contributed by atoms with Gasteiger partial charge in [-0.05, 0) is 42.3 Å². The summed E-state index contributed by atoms with van der Waals surface area (Å²) in [6, 6.07) is 17.9. The number of aryl methyl sites for hydroxylation is 3. The van der Waals surface area contributed by atoms with E-state index in [2.05, 4.69) is 10.1 Å². The molecule has 0 saturated heterocycles. The van der Waals surface area contributed by atoms with Crippen LogP contribution in [0.25, 0.3) is 33.3 Å². The Balaban J connectivity index is 1.37. The van der Waals surface area contributed by atoms with Crippen molar-refractivity contribution in [1.29, 1.82) is 0 Å². The number of aromatic nitrogens is 4. The zero-order chi connectivity index (χ0) is 23.8. The highest BCUT2D eigenvalue weighted by molar-refractivity contribution is 5.83. The number of hydrogen-bond donors (Lipinski definition) is 0. The third-order valence-electron chi connectivity index (χ3n) is 5.76. The highest BCUT2D eigenvalue weighted by Crippen LogP contribution is 2.29. The predicted octanol–water partition coefficient (Wildman–Crippen LogP) is 5.03. The molecule has 0 amide bonds. The van der Waals surface area contributed by atoms with Crippen LogP contribution in [-0.4, -0.2) is 19.3 Å². The van der Waals surface area contributed by atoms with Gasteiger partial charge in [0, 0.05) is 55.1 Å².